The van der Waals surface area contributed by atoms with Crippen LogP contribution in [0.3, 0.4) is 0 Å². The molecule has 0 spiro atoms. The molecule has 2 amide bonds. The number of nitriles is 1. The highest BCUT2D eigenvalue weighted by Gasteiger charge is 2.25. The zero-order chi connectivity index (χ0) is 21.6. The lowest BCUT2D eigenvalue weighted by atomic mass is 10.1. The Morgan fingerprint density at radius 2 is 1.94 bits per heavy atom. The smallest absolute Gasteiger partial charge is 0.273 e. The summed E-state index contributed by atoms with van der Waals surface area (Å²) in [4.78, 5) is 30.1. The van der Waals surface area contributed by atoms with E-state index in [1.54, 1.807) is 12.3 Å². The van der Waals surface area contributed by atoms with E-state index in [9.17, 15) is 9.59 Å². The van der Waals surface area contributed by atoms with Crippen LogP contribution >= 0.6 is 11.3 Å². The summed E-state index contributed by atoms with van der Waals surface area (Å²) in [7, 11) is 0. The topological polar surface area (TPSA) is 98.4 Å². The number of carbonyl (C=O) groups is 2. The van der Waals surface area contributed by atoms with Crippen molar-refractivity contribution in [2.24, 2.45) is 5.10 Å². The highest BCUT2D eigenvalue weighted by Crippen LogP contribution is 2.22. The zero-order valence-electron chi connectivity index (χ0n) is 16.6. The maximum atomic E-state index is 12.7. The first-order valence-electron chi connectivity index (χ1n) is 9.77. The third-order valence-electron chi connectivity index (χ3n) is 4.75. The summed E-state index contributed by atoms with van der Waals surface area (Å²) in [5, 5.41) is 17.9. The minimum Gasteiger partial charge on any atom is -0.297 e. The van der Waals surface area contributed by atoms with Gasteiger partial charge in [0, 0.05) is 30.3 Å². The second-order valence-electron chi connectivity index (χ2n) is 7.06. The second kappa shape index (κ2) is 9.32. The third kappa shape index (κ3) is 5.21. The molecule has 0 radical (unpaired) electrons. The molecule has 2 heterocycles. The van der Waals surface area contributed by atoms with Crippen molar-refractivity contribution in [3.63, 3.8) is 0 Å². The van der Waals surface area contributed by atoms with E-state index in [0.717, 1.165) is 16.0 Å². The summed E-state index contributed by atoms with van der Waals surface area (Å²) in [6, 6.07) is 19.1. The van der Waals surface area contributed by atoms with Crippen molar-refractivity contribution in [2.75, 3.05) is 5.32 Å². The van der Waals surface area contributed by atoms with E-state index >= 15 is 0 Å². The van der Waals surface area contributed by atoms with E-state index in [4.69, 9.17) is 5.26 Å². The van der Waals surface area contributed by atoms with Gasteiger partial charge in [-0.15, -0.1) is 11.3 Å². The predicted molar refractivity (Wildman–Crippen MR) is 118 cm³/mol. The van der Waals surface area contributed by atoms with Crippen molar-refractivity contribution in [3.05, 3.63) is 82.4 Å². The van der Waals surface area contributed by atoms with Gasteiger partial charge in [0.1, 0.15) is 5.71 Å². The number of hydrogen-bond donors (Lipinski definition) is 1. The SMILES string of the molecule is N#Cc1cccc(Cc2cnc(NC(=O)C3=NN(Cc4ccccc4)C(=O)CC3)s2)c1. The summed E-state index contributed by atoms with van der Waals surface area (Å²) < 4.78 is 0. The molecule has 0 bridgehead atoms. The standard InChI is InChI=1S/C23H19N5O2S/c24-13-18-8-4-7-17(11-18)12-19-14-25-23(31-19)26-22(30)20-9-10-21(29)28(27-20)15-16-5-2-1-3-6-16/h1-8,11,14H,9-10,12,15H2,(H,25,26,30). The fourth-order valence-corrected chi connectivity index (χ4v) is 4.05. The first-order chi connectivity index (χ1) is 15.1. The molecule has 0 unspecified atom stereocenters. The normalized spacial score (nSPS) is 13.5. The van der Waals surface area contributed by atoms with Crippen LogP contribution in [0, 0.1) is 11.3 Å². The van der Waals surface area contributed by atoms with Gasteiger partial charge in [-0.05, 0) is 23.3 Å². The zero-order valence-corrected chi connectivity index (χ0v) is 17.4. The number of nitrogens with zero attached hydrogens (tertiary/aromatic N) is 4. The van der Waals surface area contributed by atoms with Crippen LogP contribution in [0.25, 0.3) is 0 Å². The van der Waals surface area contributed by atoms with Gasteiger partial charge in [0.15, 0.2) is 5.13 Å². The molecule has 154 valence electrons. The molecule has 1 N–H and O–H groups in total. The molecule has 1 aliphatic rings. The molecule has 0 atom stereocenters. The molecule has 0 saturated carbocycles. The van der Waals surface area contributed by atoms with Crippen molar-refractivity contribution in [2.45, 2.75) is 25.8 Å². The number of amides is 2. The number of hydrazone groups is 1. The second-order valence-corrected chi connectivity index (χ2v) is 8.17. The van der Waals surface area contributed by atoms with Gasteiger partial charge in [0.2, 0.25) is 5.91 Å². The first-order valence-corrected chi connectivity index (χ1v) is 10.6. The van der Waals surface area contributed by atoms with E-state index in [0.29, 0.717) is 35.8 Å². The lowest BCUT2D eigenvalue weighted by Crippen LogP contribution is -2.35. The quantitative estimate of drug-likeness (QED) is 0.646. The van der Waals surface area contributed by atoms with E-state index in [2.05, 4.69) is 21.5 Å². The van der Waals surface area contributed by atoms with Crippen molar-refractivity contribution in [1.29, 1.82) is 5.26 Å². The summed E-state index contributed by atoms with van der Waals surface area (Å²) >= 11 is 1.38. The molecule has 7 nitrogen and oxygen atoms in total. The van der Waals surface area contributed by atoms with E-state index in [-0.39, 0.29) is 18.2 Å². The molecule has 31 heavy (non-hydrogen) atoms. The number of anilines is 1. The first kappa shape index (κ1) is 20.4. The Morgan fingerprint density at radius 1 is 1.13 bits per heavy atom. The summed E-state index contributed by atoms with van der Waals surface area (Å²) in [5.41, 5.74) is 2.88. The Labute approximate surface area is 183 Å². The van der Waals surface area contributed by atoms with Gasteiger partial charge in [0.05, 0.1) is 18.2 Å². The lowest BCUT2D eigenvalue weighted by Gasteiger charge is -2.23. The van der Waals surface area contributed by atoms with Gasteiger partial charge in [-0.2, -0.15) is 10.4 Å². The van der Waals surface area contributed by atoms with Crippen molar-refractivity contribution in [1.82, 2.24) is 9.99 Å². The summed E-state index contributed by atoms with van der Waals surface area (Å²) in [6.07, 6.45) is 2.89. The highest BCUT2D eigenvalue weighted by atomic mass is 32.1. The van der Waals surface area contributed by atoms with Crippen LogP contribution in [-0.4, -0.2) is 27.5 Å². The molecule has 0 saturated heterocycles. The Morgan fingerprint density at radius 3 is 2.74 bits per heavy atom. The lowest BCUT2D eigenvalue weighted by molar-refractivity contribution is -0.132. The van der Waals surface area contributed by atoms with Crippen molar-refractivity contribution < 1.29 is 9.59 Å². The Hall–Kier alpha value is -3.83. The number of nitrogens with one attached hydrogen (secondary N) is 1. The number of benzene rings is 2. The average Bonchev–Trinajstić information content (AvgIpc) is 3.22. The minimum atomic E-state index is -0.349. The van der Waals surface area contributed by atoms with Gasteiger partial charge in [-0.1, -0.05) is 42.5 Å². The Bertz CT molecular complexity index is 1180. The molecular weight excluding hydrogens is 410 g/mol. The number of carbonyl (C=O) groups excluding carboxylic acids is 2. The molecule has 4 rings (SSSR count). The average molecular weight is 430 g/mol. The van der Waals surface area contributed by atoms with Gasteiger partial charge in [-0.3, -0.25) is 14.9 Å². The largest absolute Gasteiger partial charge is 0.297 e. The fourth-order valence-electron chi connectivity index (χ4n) is 3.21. The number of thiazole rings is 1. The minimum absolute atomic E-state index is 0.100. The predicted octanol–water partition coefficient (Wildman–Crippen LogP) is 3.72. The molecule has 1 aliphatic heterocycles. The number of hydrogen-bond acceptors (Lipinski definition) is 6. The number of rotatable bonds is 6. The van der Waals surface area contributed by atoms with Crippen LogP contribution in [0.5, 0.6) is 0 Å². The van der Waals surface area contributed by atoms with E-state index in [1.807, 2.05) is 48.5 Å². The molecule has 1 aromatic heterocycles. The van der Waals surface area contributed by atoms with Gasteiger partial charge in [-0.25, -0.2) is 9.99 Å². The van der Waals surface area contributed by atoms with Gasteiger partial charge < -0.3 is 0 Å². The number of aromatic nitrogens is 1. The molecule has 0 fully saturated rings. The summed E-state index contributed by atoms with van der Waals surface area (Å²) in [6.45, 7) is 0.333. The van der Waals surface area contributed by atoms with E-state index < -0.39 is 0 Å². The molecule has 8 heteroatoms. The molecular formula is C23H19N5O2S. The van der Waals surface area contributed by atoms with Crippen LogP contribution < -0.4 is 5.32 Å². The van der Waals surface area contributed by atoms with Crippen molar-refractivity contribution in [3.8, 4) is 6.07 Å². The third-order valence-corrected chi connectivity index (χ3v) is 5.66. The Kier molecular flexibility index (Phi) is 6.15. The van der Waals surface area contributed by atoms with Crippen LogP contribution in [0.4, 0.5) is 5.13 Å². The summed E-state index contributed by atoms with van der Waals surface area (Å²) in [5.74, 6) is -0.450. The van der Waals surface area contributed by atoms with Crippen LogP contribution in [-0.2, 0) is 22.6 Å². The maximum absolute atomic E-state index is 12.7. The maximum Gasteiger partial charge on any atom is 0.273 e. The fraction of sp³-hybridized carbons (Fsp3) is 0.174. The van der Waals surface area contributed by atoms with Gasteiger partial charge in [0.25, 0.3) is 5.91 Å². The van der Waals surface area contributed by atoms with Crippen molar-refractivity contribution >= 4 is 34.0 Å². The van der Waals surface area contributed by atoms with E-state index in [1.165, 1.54) is 16.3 Å². The monoisotopic (exact) mass is 429 g/mol. The van der Waals surface area contributed by atoms with Crippen LogP contribution in [0.2, 0.25) is 0 Å². The van der Waals surface area contributed by atoms with Crippen LogP contribution in [0.15, 0.2) is 65.9 Å². The highest BCUT2D eigenvalue weighted by molar-refractivity contribution is 7.15. The molecule has 0 aliphatic carbocycles. The molecule has 2 aromatic carbocycles. The van der Waals surface area contributed by atoms with Gasteiger partial charge >= 0.3 is 0 Å². The van der Waals surface area contributed by atoms with Crippen LogP contribution in [0.1, 0.15) is 34.4 Å². The Balaban J connectivity index is 1.41. The molecule has 3 aromatic rings.